The molecule has 0 saturated heterocycles. The summed E-state index contributed by atoms with van der Waals surface area (Å²) < 4.78 is 16.5. The van der Waals surface area contributed by atoms with Gasteiger partial charge in [0.25, 0.3) is 0 Å². The summed E-state index contributed by atoms with van der Waals surface area (Å²) in [7, 11) is 1.57. The van der Waals surface area contributed by atoms with Gasteiger partial charge in [-0.2, -0.15) is 0 Å². The third-order valence-electron chi connectivity index (χ3n) is 4.11. The van der Waals surface area contributed by atoms with Gasteiger partial charge in [0, 0.05) is 5.56 Å². The second-order valence-corrected chi connectivity index (χ2v) is 5.57. The van der Waals surface area contributed by atoms with Gasteiger partial charge in [0.2, 0.25) is 11.2 Å². The fourth-order valence-corrected chi connectivity index (χ4v) is 2.85. The van der Waals surface area contributed by atoms with Crippen LogP contribution >= 0.6 is 0 Å². The maximum absolute atomic E-state index is 12.6. The van der Waals surface area contributed by atoms with Gasteiger partial charge in [-0.1, -0.05) is 0 Å². The summed E-state index contributed by atoms with van der Waals surface area (Å²) in [5.41, 5.74) is 2.03. The number of ether oxygens (including phenoxy) is 1. The molecule has 0 unspecified atom stereocenters. The number of hydrogen-bond donors (Lipinski definition) is 1. The number of fused-ring (bicyclic) bond motifs is 3. The molecule has 2 aromatic heterocycles. The van der Waals surface area contributed by atoms with E-state index >= 15 is 0 Å². The van der Waals surface area contributed by atoms with Crippen molar-refractivity contribution in [2.24, 2.45) is 0 Å². The molecule has 2 aromatic carbocycles. The lowest BCUT2D eigenvalue weighted by Gasteiger charge is -2.07. The molecule has 0 amide bonds. The SMILES string of the molecule is COc1ccc(-c2oc3c(ccc4occ(C)c43)c(=O)c2O)cc1. The van der Waals surface area contributed by atoms with Crippen LogP contribution in [-0.4, -0.2) is 12.2 Å². The third kappa shape index (κ3) is 1.98. The molecule has 5 nitrogen and oxygen atoms in total. The van der Waals surface area contributed by atoms with Crippen molar-refractivity contribution in [3.05, 3.63) is 58.4 Å². The fourth-order valence-electron chi connectivity index (χ4n) is 2.85. The van der Waals surface area contributed by atoms with Gasteiger partial charge in [0.15, 0.2) is 5.76 Å². The highest BCUT2D eigenvalue weighted by atomic mass is 16.5. The van der Waals surface area contributed by atoms with E-state index in [9.17, 15) is 9.90 Å². The average Bonchev–Trinajstić information content (AvgIpc) is 2.99. The molecule has 0 bridgehead atoms. The van der Waals surface area contributed by atoms with E-state index in [1.807, 2.05) is 6.92 Å². The van der Waals surface area contributed by atoms with Crippen molar-refractivity contribution in [1.29, 1.82) is 0 Å². The number of methoxy groups -OCH3 is 1. The predicted molar refractivity (Wildman–Crippen MR) is 90.6 cm³/mol. The Labute approximate surface area is 136 Å². The Bertz CT molecular complexity index is 1120. The van der Waals surface area contributed by atoms with Crippen molar-refractivity contribution >= 4 is 21.9 Å². The van der Waals surface area contributed by atoms with Gasteiger partial charge >= 0.3 is 0 Å². The number of aryl methyl sites for hydroxylation is 1. The minimum Gasteiger partial charge on any atom is -0.502 e. The van der Waals surface area contributed by atoms with Gasteiger partial charge in [-0.25, -0.2) is 0 Å². The van der Waals surface area contributed by atoms with E-state index in [4.69, 9.17) is 13.6 Å². The highest BCUT2D eigenvalue weighted by molar-refractivity contribution is 6.04. The molecule has 0 aliphatic heterocycles. The summed E-state index contributed by atoms with van der Waals surface area (Å²) in [5, 5.41) is 11.4. The first-order valence-corrected chi connectivity index (χ1v) is 7.41. The Kier molecular flexibility index (Phi) is 3.09. The molecular weight excluding hydrogens is 308 g/mol. The quantitative estimate of drug-likeness (QED) is 0.598. The van der Waals surface area contributed by atoms with Gasteiger partial charge < -0.3 is 18.7 Å². The second kappa shape index (κ2) is 5.16. The predicted octanol–water partition coefficient (Wildman–Crippen LogP) is 4.23. The van der Waals surface area contributed by atoms with Crippen molar-refractivity contribution in [3.63, 3.8) is 0 Å². The molecule has 0 spiro atoms. The smallest absolute Gasteiger partial charge is 0.235 e. The first-order chi connectivity index (χ1) is 11.6. The summed E-state index contributed by atoms with van der Waals surface area (Å²) in [6, 6.07) is 10.2. The van der Waals surface area contributed by atoms with Crippen molar-refractivity contribution in [1.82, 2.24) is 0 Å². The van der Waals surface area contributed by atoms with Crippen LogP contribution in [0.25, 0.3) is 33.3 Å². The molecule has 2 heterocycles. The van der Waals surface area contributed by atoms with Gasteiger partial charge in [0.1, 0.15) is 16.9 Å². The van der Waals surface area contributed by atoms with Crippen LogP contribution in [0.3, 0.4) is 0 Å². The minimum atomic E-state index is -0.468. The van der Waals surface area contributed by atoms with Crippen molar-refractivity contribution in [2.45, 2.75) is 6.92 Å². The topological polar surface area (TPSA) is 72.8 Å². The monoisotopic (exact) mass is 322 g/mol. The van der Waals surface area contributed by atoms with Crippen molar-refractivity contribution in [3.8, 4) is 22.8 Å². The number of furan rings is 1. The number of aromatic hydroxyl groups is 1. The zero-order valence-electron chi connectivity index (χ0n) is 13.1. The number of benzene rings is 2. The Balaban J connectivity index is 2.08. The largest absolute Gasteiger partial charge is 0.502 e. The summed E-state index contributed by atoms with van der Waals surface area (Å²) in [6.45, 7) is 1.88. The average molecular weight is 322 g/mol. The summed E-state index contributed by atoms with van der Waals surface area (Å²) in [4.78, 5) is 12.6. The fraction of sp³-hybridized carbons (Fsp3) is 0.105. The summed E-state index contributed by atoms with van der Waals surface area (Å²) in [6.07, 6.45) is 1.62. The highest BCUT2D eigenvalue weighted by Crippen LogP contribution is 2.35. The van der Waals surface area contributed by atoms with E-state index < -0.39 is 11.2 Å². The van der Waals surface area contributed by atoms with Crippen LogP contribution in [0.5, 0.6) is 11.5 Å². The lowest BCUT2D eigenvalue weighted by atomic mass is 10.1. The molecule has 0 radical (unpaired) electrons. The van der Waals surface area contributed by atoms with Crippen molar-refractivity contribution in [2.75, 3.05) is 7.11 Å². The van der Waals surface area contributed by atoms with Crippen LogP contribution < -0.4 is 10.2 Å². The molecular formula is C19H14O5. The summed E-state index contributed by atoms with van der Waals surface area (Å²) >= 11 is 0. The number of rotatable bonds is 2. The Hall–Kier alpha value is -3.21. The zero-order chi connectivity index (χ0) is 16.8. The summed E-state index contributed by atoms with van der Waals surface area (Å²) in [5.74, 6) is 0.394. The van der Waals surface area contributed by atoms with E-state index in [1.165, 1.54) is 0 Å². The van der Waals surface area contributed by atoms with E-state index in [-0.39, 0.29) is 5.76 Å². The zero-order valence-corrected chi connectivity index (χ0v) is 13.1. The maximum Gasteiger partial charge on any atom is 0.235 e. The van der Waals surface area contributed by atoms with E-state index in [2.05, 4.69) is 0 Å². The molecule has 1 N–H and O–H groups in total. The highest BCUT2D eigenvalue weighted by Gasteiger charge is 2.18. The first-order valence-electron chi connectivity index (χ1n) is 7.41. The minimum absolute atomic E-state index is 0.128. The van der Waals surface area contributed by atoms with Crippen LogP contribution in [-0.2, 0) is 0 Å². The maximum atomic E-state index is 12.6. The lowest BCUT2D eigenvalue weighted by molar-refractivity contribution is 0.414. The second-order valence-electron chi connectivity index (χ2n) is 5.57. The number of hydrogen-bond acceptors (Lipinski definition) is 5. The molecule has 0 fully saturated rings. The van der Waals surface area contributed by atoms with Gasteiger partial charge in [-0.05, 0) is 48.9 Å². The molecule has 0 aliphatic rings. The molecule has 0 saturated carbocycles. The lowest BCUT2D eigenvalue weighted by Crippen LogP contribution is -2.02. The van der Waals surface area contributed by atoms with E-state index in [0.29, 0.717) is 27.9 Å². The van der Waals surface area contributed by atoms with Gasteiger partial charge in [-0.15, -0.1) is 0 Å². The molecule has 120 valence electrons. The molecule has 4 rings (SSSR count). The van der Waals surface area contributed by atoms with Crippen LogP contribution in [0.2, 0.25) is 0 Å². The van der Waals surface area contributed by atoms with Crippen LogP contribution in [0.4, 0.5) is 0 Å². The molecule has 4 aromatic rings. The Morgan fingerprint density at radius 1 is 1.08 bits per heavy atom. The standard InChI is InChI=1S/C19H14O5/c1-10-9-23-14-8-7-13-16(20)17(21)18(24-19(13)15(10)14)11-3-5-12(22-2)6-4-11/h3-9,21H,1-2H3. The van der Waals surface area contributed by atoms with Crippen LogP contribution in [0.1, 0.15) is 5.56 Å². The Morgan fingerprint density at radius 2 is 1.83 bits per heavy atom. The molecule has 24 heavy (non-hydrogen) atoms. The third-order valence-corrected chi connectivity index (χ3v) is 4.11. The normalized spacial score (nSPS) is 11.2. The van der Waals surface area contributed by atoms with Crippen molar-refractivity contribution < 1.29 is 18.7 Å². The first kappa shape index (κ1) is 14.4. The van der Waals surface area contributed by atoms with Crippen LogP contribution in [0.15, 0.2) is 56.3 Å². The molecule has 0 aliphatic carbocycles. The molecule has 0 atom stereocenters. The van der Waals surface area contributed by atoms with E-state index in [0.717, 1.165) is 10.9 Å². The van der Waals surface area contributed by atoms with Gasteiger partial charge in [-0.3, -0.25) is 4.79 Å². The van der Waals surface area contributed by atoms with E-state index in [1.54, 1.807) is 49.8 Å². The van der Waals surface area contributed by atoms with Gasteiger partial charge in [0.05, 0.1) is 24.1 Å². The Morgan fingerprint density at radius 3 is 2.54 bits per heavy atom. The van der Waals surface area contributed by atoms with Crippen LogP contribution in [0, 0.1) is 6.92 Å². The molecule has 5 heteroatoms.